The molecule has 0 saturated heterocycles. The number of carbonyl (C=O) groups excluding carboxylic acids is 1. The predicted molar refractivity (Wildman–Crippen MR) is 92.1 cm³/mol. The maximum absolute atomic E-state index is 12.3. The summed E-state index contributed by atoms with van der Waals surface area (Å²) >= 11 is 1.47. The van der Waals surface area contributed by atoms with Crippen molar-refractivity contribution in [1.29, 1.82) is 0 Å². The third kappa shape index (κ3) is 2.80. The molecule has 2 aromatic carbocycles. The summed E-state index contributed by atoms with van der Waals surface area (Å²) in [5.41, 5.74) is 9.18. The molecular formula is C17H17N3OS. The quantitative estimate of drug-likeness (QED) is 0.772. The van der Waals surface area contributed by atoms with E-state index in [1.54, 1.807) is 0 Å². The highest BCUT2D eigenvalue weighted by molar-refractivity contribution is 7.22. The molecule has 0 atom stereocenters. The molecule has 3 N–H and O–H groups in total. The Balaban J connectivity index is 2.04. The van der Waals surface area contributed by atoms with Crippen LogP contribution in [0.3, 0.4) is 0 Å². The zero-order valence-corrected chi connectivity index (χ0v) is 13.1. The second kappa shape index (κ2) is 6.15. The van der Waals surface area contributed by atoms with Crippen LogP contribution in [0.1, 0.15) is 23.7 Å². The fourth-order valence-corrected chi connectivity index (χ4v) is 3.09. The van der Waals surface area contributed by atoms with E-state index in [0.717, 1.165) is 27.8 Å². The van der Waals surface area contributed by atoms with Gasteiger partial charge in [0.05, 0.1) is 10.2 Å². The highest BCUT2D eigenvalue weighted by atomic mass is 32.1. The van der Waals surface area contributed by atoms with Crippen molar-refractivity contribution in [2.75, 3.05) is 12.3 Å². The van der Waals surface area contributed by atoms with Gasteiger partial charge in [-0.15, -0.1) is 0 Å². The van der Waals surface area contributed by atoms with Crippen LogP contribution < -0.4 is 11.1 Å². The highest BCUT2D eigenvalue weighted by Crippen LogP contribution is 2.30. The number of nitrogens with two attached hydrogens (primary N) is 1. The van der Waals surface area contributed by atoms with E-state index in [0.29, 0.717) is 17.2 Å². The van der Waals surface area contributed by atoms with E-state index in [2.05, 4.69) is 10.3 Å². The minimum atomic E-state index is -0.0460. The molecule has 0 unspecified atom stereocenters. The van der Waals surface area contributed by atoms with Gasteiger partial charge in [-0.05, 0) is 35.7 Å². The number of nitrogens with one attached hydrogen (secondary N) is 1. The Morgan fingerprint density at radius 2 is 2.09 bits per heavy atom. The van der Waals surface area contributed by atoms with E-state index in [1.807, 2.05) is 49.4 Å². The van der Waals surface area contributed by atoms with Crippen LogP contribution in [0.25, 0.3) is 21.3 Å². The number of anilines is 1. The summed E-state index contributed by atoms with van der Waals surface area (Å²) in [6.07, 6.45) is 0.915. The third-order valence-corrected chi connectivity index (χ3v) is 4.29. The molecule has 1 amide bonds. The zero-order valence-electron chi connectivity index (χ0n) is 12.3. The van der Waals surface area contributed by atoms with E-state index < -0.39 is 0 Å². The molecule has 0 aliphatic carbocycles. The molecule has 0 saturated carbocycles. The molecule has 1 aromatic heterocycles. The Labute approximate surface area is 133 Å². The van der Waals surface area contributed by atoms with Crippen LogP contribution in [0.4, 0.5) is 5.13 Å². The third-order valence-electron chi connectivity index (χ3n) is 3.42. The molecule has 0 fully saturated rings. The van der Waals surface area contributed by atoms with Gasteiger partial charge in [-0.25, -0.2) is 4.98 Å². The van der Waals surface area contributed by atoms with Crippen LogP contribution in [0.5, 0.6) is 0 Å². The molecule has 1 heterocycles. The number of fused-ring (bicyclic) bond motifs is 1. The van der Waals surface area contributed by atoms with Gasteiger partial charge in [0, 0.05) is 12.1 Å². The molecule has 0 spiro atoms. The number of hydrogen-bond donors (Lipinski definition) is 2. The second-order valence-electron chi connectivity index (χ2n) is 5.04. The number of thiazole rings is 1. The predicted octanol–water partition coefficient (Wildman–Crippen LogP) is 3.69. The Hall–Kier alpha value is -2.40. The van der Waals surface area contributed by atoms with E-state index >= 15 is 0 Å². The van der Waals surface area contributed by atoms with E-state index in [-0.39, 0.29) is 5.91 Å². The summed E-state index contributed by atoms with van der Waals surface area (Å²) in [6.45, 7) is 2.71. The number of nitrogens with zero attached hydrogens (tertiary/aromatic N) is 1. The summed E-state index contributed by atoms with van der Waals surface area (Å²) in [5.74, 6) is -0.0460. The van der Waals surface area contributed by atoms with Crippen LogP contribution in [0, 0.1) is 0 Å². The standard InChI is InChI=1S/C17H17N3OS/c1-2-9-19-16(21)13-6-4-3-5-12(13)11-7-8-15-14(10-11)20-17(18)22-15/h3-8,10H,2,9H2,1H3,(H2,18,20)(H,19,21). The topological polar surface area (TPSA) is 68.0 Å². The lowest BCUT2D eigenvalue weighted by molar-refractivity contribution is 0.0954. The first-order valence-electron chi connectivity index (χ1n) is 7.22. The Bertz CT molecular complexity index is 826. The minimum Gasteiger partial charge on any atom is -0.375 e. The van der Waals surface area contributed by atoms with Gasteiger partial charge in [0.1, 0.15) is 0 Å². The first-order chi connectivity index (χ1) is 10.7. The maximum atomic E-state index is 12.3. The first kappa shape index (κ1) is 14.5. The fourth-order valence-electron chi connectivity index (χ4n) is 2.38. The molecule has 0 aliphatic heterocycles. The van der Waals surface area contributed by atoms with Crippen molar-refractivity contribution in [3.63, 3.8) is 0 Å². The van der Waals surface area contributed by atoms with Crippen molar-refractivity contribution in [2.24, 2.45) is 0 Å². The van der Waals surface area contributed by atoms with Gasteiger partial charge in [-0.3, -0.25) is 4.79 Å². The lowest BCUT2D eigenvalue weighted by Gasteiger charge is -2.10. The number of rotatable bonds is 4. The minimum absolute atomic E-state index is 0.0460. The second-order valence-corrected chi connectivity index (χ2v) is 6.10. The zero-order chi connectivity index (χ0) is 15.5. The van der Waals surface area contributed by atoms with Crippen molar-refractivity contribution in [3.05, 3.63) is 48.0 Å². The molecule has 3 aromatic rings. The number of carbonyl (C=O) groups is 1. The molecular weight excluding hydrogens is 294 g/mol. The number of amides is 1. The summed E-state index contributed by atoms with van der Waals surface area (Å²) < 4.78 is 1.05. The summed E-state index contributed by atoms with van der Waals surface area (Å²) in [6, 6.07) is 13.6. The van der Waals surface area contributed by atoms with Gasteiger partial charge >= 0.3 is 0 Å². The van der Waals surface area contributed by atoms with Gasteiger partial charge in [0.25, 0.3) is 5.91 Å². The van der Waals surface area contributed by atoms with Gasteiger partial charge in [-0.1, -0.05) is 42.5 Å². The van der Waals surface area contributed by atoms with Crippen LogP contribution >= 0.6 is 11.3 Å². The SMILES string of the molecule is CCCNC(=O)c1ccccc1-c1ccc2sc(N)nc2c1. The first-order valence-corrected chi connectivity index (χ1v) is 8.04. The average Bonchev–Trinajstić information content (AvgIpc) is 2.91. The Kier molecular flexibility index (Phi) is 4.06. The van der Waals surface area contributed by atoms with Gasteiger partial charge in [0.15, 0.2) is 5.13 Å². The largest absolute Gasteiger partial charge is 0.375 e. The molecule has 3 rings (SSSR count). The normalized spacial score (nSPS) is 10.8. The maximum Gasteiger partial charge on any atom is 0.251 e. The summed E-state index contributed by atoms with van der Waals surface area (Å²) in [7, 11) is 0. The van der Waals surface area contributed by atoms with Crippen LogP contribution in [-0.4, -0.2) is 17.4 Å². The molecule has 0 aliphatic rings. The van der Waals surface area contributed by atoms with Crippen molar-refractivity contribution >= 4 is 32.6 Å². The van der Waals surface area contributed by atoms with Gasteiger partial charge < -0.3 is 11.1 Å². The molecule has 22 heavy (non-hydrogen) atoms. The Morgan fingerprint density at radius 3 is 2.91 bits per heavy atom. The van der Waals surface area contributed by atoms with Crippen LogP contribution in [0.2, 0.25) is 0 Å². The van der Waals surface area contributed by atoms with Crippen molar-refractivity contribution in [2.45, 2.75) is 13.3 Å². The molecule has 112 valence electrons. The lowest BCUT2D eigenvalue weighted by atomic mass is 9.99. The Morgan fingerprint density at radius 1 is 1.27 bits per heavy atom. The average molecular weight is 311 g/mol. The van der Waals surface area contributed by atoms with E-state index in [1.165, 1.54) is 11.3 Å². The lowest BCUT2D eigenvalue weighted by Crippen LogP contribution is -2.24. The summed E-state index contributed by atoms with van der Waals surface area (Å²) in [4.78, 5) is 16.6. The molecule has 0 radical (unpaired) electrons. The van der Waals surface area contributed by atoms with Gasteiger partial charge in [-0.2, -0.15) is 0 Å². The summed E-state index contributed by atoms with van der Waals surface area (Å²) in [5, 5.41) is 3.48. The number of hydrogen-bond acceptors (Lipinski definition) is 4. The van der Waals surface area contributed by atoms with E-state index in [4.69, 9.17) is 5.73 Å². The van der Waals surface area contributed by atoms with Crippen molar-refractivity contribution < 1.29 is 4.79 Å². The number of aromatic nitrogens is 1. The monoisotopic (exact) mass is 311 g/mol. The fraction of sp³-hybridized carbons (Fsp3) is 0.176. The smallest absolute Gasteiger partial charge is 0.251 e. The van der Waals surface area contributed by atoms with E-state index in [9.17, 15) is 4.79 Å². The van der Waals surface area contributed by atoms with Crippen LogP contribution in [0.15, 0.2) is 42.5 Å². The van der Waals surface area contributed by atoms with Gasteiger partial charge in [0.2, 0.25) is 0 Å². The highest BCUT2D eigenvalue weighted by Gasteiger charge is 2.12. The van der Waals surface area contributed by atoms with Crippen molar-refractivity contribution in [1.82, 2.24) is 10.3 Å². The molecule has 0 bridgehead atoms. The van der Waals surface area contributed by atoms with Crippen molar-refractivity contribution in [3.8, 4) is 11.1 Å². The molecule has 4 nitrogen and oxygen atoms in total. The molecule has 5 heteroatoms. The number of nitrogen functional groups attached to an aromatic ring is 1. The number of benzene rings is 2. The van der Waals surface area contributed by atoms with Crippen LogP contribution in [-0.2, 0) is 0 Å².